The summed E-state index contributed by atoms with van der Waals surface area (Å²) in [6.07, 6.45) is 1.13. The minimum absolute atomic E-state index is 0.0210. The number of carboxylic acid groups (broad SMARTS) is 1. The maximum atomic E-state index is 13.5. The van der Waals surface area contributed by atoms with Crippen molar-refractivity contribution < 1.29 is 38.7 Å². The van der Waals surface area contributed by atoms with Gasteiger partial charge in [0.05, 0.1) is 12.5 Å². The molecule has 0 aliphatic rings. The lowest BCUT2D eigenvalue weighted by Crippen LogP contribution is -2.63. The summed E-state index contributed by atoms with van der Waals surface area (Å²) in [7, 11) is 0. The first-order valence-corrected chi connectivity index (χ1v) is 15.8. The van der Waals surface area contributed by atoms with E-state index in [2.05, 4.69) is 57.2 Å². The lowest BCUT2D eigenvalue weighted by molar-refractivity contribution is -0.142. The number of unbranched alkanes of at least 4 members (excludes halogenated alkanes) is 1. The third-order valence-electron chi connectivity index (χ3n) is 6.46. The van der Waals surface area contributed by atoms with Gasteiger partial charge in [0, 0.05) is 18.1 Å². The van der Waals surface area contributed by atoms with Crippen molar-refractivity contribution in [2.24, 2.45) is 17.2 Å². The molecule has 0 radical (unpaired) electrons. The van der Waals surface area contributed by atoms with Crippen LogP contribution in [0, 0.1) is 5.41 Å². The van der Waals surface area contributed by atoms with Gasteiger partial charge in [0.2, 0.25) is 35.4 Å². The molecule has 0 fully saturated rings. The standard InChI is InChI=1S/C26H48N10O8S2/c1-4-5-7-14(32-19(38)13(27)11-45)20(39)33-15(8-6-9-31-25(29)30)22(41)36-26(2,3)24(44)35-16(10-18(28)37)21(40)34-17(12-46)23(42)43/h13-17,45-46H,4-12,27H2,1-3H3,(H2,28,37)(H,32,38)(H,33,39)(H,34,40)(H,35,44)(H,36,41)(H,42,43)(H4,29,30,31)/t13-,14-,15-,16-,17-/m0/s1. The van der Waals surface area contributed by atoms with Crippen molar-refractivity contribution in [3.8, 4) is 0 Å². The fourth-order valence-corrected chi connectivity index (χ4v) is 4.18. The molecule has 46 heavy (non-hydrogen) atoms. The number of hydrogen-bond acceptors (Lipinski definition) is 11. The first-order valence-electron chi connectivity index (χ1n) is 14.5. The Hall–Kier alpha value is -3.78. The number of carboxylic acids is 1. The Kier molecular flexibility index (Phi) is 19.4. The van der Waals surface area contributed by atoms with Gasteiger partial charge in [0.15, 0.2) is 5.96 Å². The Bertz CT molecular complexity index is 1110. The molecule has 0 unspecified atom stereocenters. The normalized spacial score (nSPS) is 14.3. The molecule has 20 heteroatoms. The van der Waals surface area contributed by atoms with Crippen LogP contribution in [0.15, 0.2) is 0 Å². The number of nitrogens with one attached hydrogen (secondary N) is 7. The van der Waals surface area contributed by atoms with Crippen LogP contribution >= 0.6 is 25.3 Å². The summed E-state index contributed by atoms with van der Waals surface area (Å²) in [6.45, 7) is 4.67. The molecule has 0 saturated carbocycles. The summed E-state index contributed by atoms with van der Waals surface area (Å²) in [6, 6.07) is -6.23. The largest absolute Gasteiger partial charge is 0.480 e. The van der Waals surface area contributed by atoms with Crippen molar-refractivity contribution >= 4 is 72.6 Å². The zero-order valence-corrected chi connectivity index (χ0v) is 28.0. The number of hydrogen-bond donors (Lipinski definition) is 13. The molecule has 0 aromatic carbocycles. The SMILES string of the molecule is CCCC[C@H](NC(=O)[C@@H](N)CS)C(=O)N[C@@H](CCCNC(=N)N)C(=O)NC(C)(C)C(=O)N[C@@H](CC(N)=O)C(=O)N[C@@H](CS)C(=O)O. The smallest absolute Gasteiger partial charge is 0.327 e. The van der Waals surface area contributed by atoms with E-state index < -0.39 is 83.6 Å². The maximum absolute atomic E-state index is 13.5. The number of primary amides is 1. The van der Waals surface area contributed by atoms with Gasteiger partial charge < -0.3 is 54.2 Å². The minimum atomic E-state index is -1.74. The zero-order chi connectivity index (χ0) is 35.6. The molecule has 0 aliphatic heterocycles. The van der Waals surface area contributed by atoms with Crippen LogP contribution in [0.1, 0.15) is 59.3 Å². The highest BCUT2D eigenvalue weighted by Gasteiger charge is 2.37. The summed E-state index contributed by atoms with van der Waals surface area (Å²) in [5.41, 5.74) is 14.5. The van der Waals surface area contributed by atoms with Crippen LogP contribution < -0.4 is 49.1 Å². The Labute approximate surface area is 278 Å². The van der Waals surface area contributed by atoms with Crippen molar-refractivity contribution in [1.29, 1.82) is 5.41 Å². The molecule has 6 amide bonds. The minimum Gasteiger partial charge on any atom is -0.480 e. The van der Waals surface area contributed by atoms with Crippen LogP contribution in [0.2, 0.25) is 0 Å². The van der Waals surface area contributed by atoms with Crippen LogP contribution in [-0.4, -0.2) is 106 Å². The third kappa shape index (κ3) is 16.0. The Morgan fingerprint density at radius 1 is 0.783 bits per heavy atom. The summed E-state index contributed by atoms with van der Waals surface area (Å²) < 4.78 is 0. The summed E-state index contributed by atoms with van der Waals surface area (Å²) in [5, 5.41) is 31.2. The zero-order valence-electron chi connectivity index (χ0n) is 26.2. The average Bonchev–Trinajstić information content (AvgIpc) is 2.97. The highest BCUT2D eigenvalue weighted by atomic mass is 32.1. The molecule has 0 spiro atoms. The predicted molar refractivity (Wildman–Crippen MR) is 176 cm³/mol. The van der Waals surface area contributed by atoms with E-state index in [0.29, 0.717) is 12.8 Å². The van der Waals surface area contributed by atoms with Gasteiger partial charge in [0.25, 0.3) is 0 Å². The van der Waals surface area contributed by atoms with Crippen molar-refractivity contribution in [3.63, 3.8) is 0 Å². The number of amides is 6. The molecule has 0 aliphatic carbocycles. The molecule has 14 N–H and O–H groups in total. The van der Waals surface area contributed by atoms with Gasteiger partial charge >= 0.3 is 5.97 Å². The molecule has 262 valence electrons. The average molecular weight is 693 g/mol. The summed E-state index contributed by atoms with van der Waals surface area (Å²) in [5.74, 6) is -6.94. The van der Waals surface area contributed by atoms with Crippen LogP contribution in [0.3, 0.4) is 0 Å². The molecule has 5 atom stereocenters. The van der Waals surface area contributed by atoms with Gasteiger partial charge in [-0.3, -0.25) is 34.2 Å². The maximum Gasteiger partial charge on any atom is 0.327 e. The van der Waals surface area contributed by atoms with E-state index in [9.17, 15) is 38.7 Å². The highest BCUT2D eigenvalue weighted by Crippen LogP contribution is 2.09. The Morgan fingerprint density at radius 3 is 1.80 bits per heavy atom. The molecule has 0 aromatic rings. The number of guanidine groups is 1. The second kappa shape index (κ2) is 21.1. The number of aliphatic carboxylic acids is 1. The fourth-order valence-electron chi connectivity index (χ4n) is 3.77. The van der Waals surface area contributed by atoms with Gasteiger partial charge in [-0.05, 0) is 33.1 Å². The van der Waals surface area contributed by atoms with E-state index in [1.54, 1.807) is 0 Å². The van der Waals surface area contributed by atoms with Crippen LogP contribution in [0.25, 0.3) is 0 Å². The van der Waals surface area contributed by atoms with E-state index in [-0.39, 0.29) is 43.3 Å². The molecule has 0 heterocycles. The molecular formula is C26H48N10O8S2. The van der Waals surface area contributed by atoms with Crippen molar-refractivity contribution in [2.75, 3.05) is 18.1 Å². The molecule has 0 bridgehead atoms. The Morgan fingerprint density at radius 2 is 1.30 bits per heavy atom. The fraction of sp³-hybridized carbons (Fsp3) is 0.692. The van der Waals surface area contributed by atoms with Crippen molar-refractivity contribution in [3.05, 3.63) is 0 Å². The first kappa shape index (κ1) is 42.2. The second-order valence-electron chi connectivity index (χ2n) is 10.9. The summed E-state index contributed by atoms with van der Waals surface area (Å²) in [4.78, 5) is 88.0. The molecule has 0 rings (SSSR count). The Balaban J connectivity index is 5.97. The van der Waals surface area contributed by atoms with Crippen LogP contribution in [0.5, 0.6) is 0 Å². The molecule has 18 nitrogen and oxygen atoms in total. The van der Waals surface area contributed by atoms with Gasteiger partial charge in [-0.25, -0.2) is 4.79 Å². The van der Waals surface area contributed by atoms with Gasteiger partial charge in [-0.2, -0.15) is 25.3 Å². The molecule has 0 saturated heterocycles. The number of rotatable bonds is 22. The highest BCUT2D eigenvalue weighted by molar-refractivity contribution is 7.80. The van der Waals surface area contributed by atoms with E-state index in [0.717, 1.165) is 0 Å². The summed E-state index contributed by atoms with van der Waals surface area (Å²) >= 11 is 7.86. The van der Waals surface area contributed by atoms with E-state index in [1.165, 1.54) is 13.8 Å². The number of carbonyl (C=O) groups excluding carboxylic acids is 6. The van der Waals surface area contributed by atoms with E-state index in [4.69, 9.17) is 22.6 Å². The predicted octanol–water partition coefficient (Wildman–Crippen LogP) is -3.58. The lowest BCUT2D eigenvalue weighted by atomic mass is 10.0. The molecular weight excluding hydrogens is 644 g/mol. The topological polar surface area (TPSA) is 314 Å². The van der Waals surface area contributed by atoms with Crippen molar-refractivity contribution in [1.82, 2.24) is 31.9 Å². The monoisotopic (exact) mass is 692 g/mol. The van der Waals surface area contributed by atoms with Crippen LogP contribution in [0.4, 0.5) is 0 Å². The lowest BCUT2D eigenvalue weighted by Gasteiger charge is -2.30. The number of thiol groups is 2. The van der Waals surface area contributed by atoms with E-state index in [1.807, 2.05) is 6.92 Å². The van der Waals surface area contributed by atoms with Gasteiger partial charge in [-0.1, -0.05) is 19.8 Å². The molecule has 0 aromatic heterocycles. The van der Waals surface area contributed by atoms with Crippen molar-refractivity contribution in [2.45, 2.75) is 95.0 Å². The van der Waals surface area contributed by atoms with Gasteiger partial charge in [-0.15, -0.1) is 0 Å². The number of nitrogens with two attached hydrogens (primary N) is 3. The number of carbonyl (C=O) groups is 7. The van der Waals surface area contributed by atoms with Crippen LogP contribution in [-0.2, 0) is 33.6 Å². The first-order chi connectivity index (χ1) is 21.4. The van der Waals surface area contributed by atoms with Gasteiger partial charge in [0.1, 0.15) is 29.7 Å². The quantitative estimate of drug-likeness (QED) is 0.0228. The third-order valence-corrected chi connectivity index (χ3v) is 7.22. The van der Waals surface area contributed by atoms with E-state index >= 15 is 0 Å². The second-order valence-corrected chi connectivity index (χ2v) is 11.7.